The Morgan fingerprint density at radius 2 is 1.12 bits per heavy atom. The van der Waals surface area contributed by atoms with Crippen molar-refractivity contribution in [3.8, 4) is 0 Å². The number of Topliss-reactive ketones (excluding diaryl/α,β-unsaturated/α-hetero) is 1. The first-order chi connectivity index (χ1) is 46.2. The highest BCUT2D eigenvalue weighted by Crippen LogP contribution is 2.75. The summed E-state index contributed by atoms with van der Waals surface area (Å²) in [5.41, 5.74) is -2.42. The largest absolute Gasteiger partial charge is 0.458 e. The van der Waals surface area contributed by atoms with E-state index >= 15 is 0 Å². The molecule has 7 saturated heterocycles. The molecule has 0 aromatic rings. The van der Waals surface area contributed by atoms with Gasteiger partial charge in [0.25, 0.3) is 0 Å². The number of methoxy groups -OCH3 is 2. The van der Waals surface area contributed by atoms with Crippen molar-refractivity contribution in [1.82, 2.24) is 0 Å². The first-order valence-corrected chi connectivity index (χ1v) is 34.2. The molecule has 2 unspecified atom stereocenters. The second-order valence-electron chi connectivity index (χ2n) is 30.3. The first kappa shape index (κ1) is 76.6. The molecule has 0 radical (unpaired) electrons. The Morgan fingerprint density at radius 1 is 0.592 bits per heavy atom. The zero-order valence-corrected chi connectivity index (χ0v) is 56.7. The summed E-state index contributed by atoms with van der Waals surface area (Å²) < 4.78 is 89.6. The van der Waals surface area contributed by atoms with Gasteiger partial charge in [-0.2, -0.15) is 0 Å². The van der Waals surface area contributed by atoms with Crippen molar-refractivity contribution < 1.29 is 157 Å². The van der Waals surface area contributed by atoms with Crippen molar-refractivity contribution in [2.24, 2.45) is 39.4 Å². The van der Waals surface area contributed by atoms with E-state index < -0.39 is 250 Å². The minimum Gasteiger partial charge on any atom is -0.458 e. The number of cyclic esters (lactones) is 1. The van der Waals surface area contributed by atoms with Crippen LogP contribution in [0.3, 0.4) is 0 Å². The number of ketones is 1. The molecule has 15 N–H and O–H groups in total. The number of fused-ring (bicyclic) bond motifs is 4. The zero-order valence-electron chi connectivity index (χ0n) is 56.7. The lowest BCUT2D eigenvalue weighted by molar-refractivity contribution is -0.394. The van der Waals surface area contributed by atoms with E-state index in [0.717, 1.165) is 0 Å². The molecule has 37 atom stereocenters. The Morgan fingerprint density at radius 3 is 1.71 bits per heavy atom. The van der Waals surface area contributed by atoms with Gasteiger partial charge >= 0.3 is 5.97 Å². The number of carbonyl (C=O) groups is 2. The molecular weight excluding hydrogens is 1300 g/mol. The highest BCUT2D eigenvalue weighted by Gasteiger charge is 2.79. The highest BCUT2D eigenvalue weighted by molar-refractivity contribution is 5.99. The summed E-state index contributed by atoms with van der Waals surface area (Å²) in [6, 6.07) is 0. The van der Waals surface area contributed by atoms with Gasteiger partial charge in [0.1, 0.15) is 140 Å². The van der Waals surface area contributed by atoms with E-state index in [1.807, 2.05) is 6.92 Å². The van der Waals surface area contributed by atoms with Crippen LogP contribution >= 0.6 is 0 Å². The van der Waals surface area contributed by atoms with Crippen LogP contribution in [0.25, 0.3) is 0 Å². The average Bonchev–Trinajstić information content (AvgIpc) is 1.46. The summed E-state index contributed by atoms with van der Waals surface area (Å²) in [5.74, 6) is -1.35. The van der Waals surface area contributed by atoms with E-state index in [0.29, 0.717) is 37.7 Å². The number of rotatable bonds is 21. The number of hydrogen-bond donors (Lipinski definition) is 15. The number of hydrogen-bond acceptors (Lipinski definition) is 32. The Hall–Kier alpha value is -2.54. The van der Waals surface area contributed by atoms with Gasteiger partial charge in [0.15, 0.2) is 37.7 Å². The normalized spacial score (nSPS) is 52.1. The van der Waals surface area contributed by atoms with Gasteiger partial charge in [-0.1, -0.05) is 51.5 Å². The first-order valence-electron chi connectivity index (χ1n) is 34.2. The molecule has 7 heterocycles. The summed E-state index contributed by atoms with van der Waals surface area (Å²) in [6.07, 6.45) is -42.0. The van der Waals surface area contributed by atoms with Crippen LogP contribution in [0.4, 0.5) is 0 Å². The predicted octanol–water partition coefficient (Wildman–Crippen LogP) is -4.30. The van der Waals surface area contributed by atoms with Crippen molar-refractivity contribution in [2.75, 3.05) is 47.3 Å². The van der Waals surface area contributed by atoms with Crippen LogP contribution in [0.1, 0.15) is 99.8 Å². The van der Waals surface area contributed by atoms with E-state index in [1.165, 1.54) is 26.7 Å². The maximum absolute atomic E-state index is 14.6. The molecule has 10 fully saturated rings. The predicted molar refractivity (Wildman–Crippen MR) is 326 cm³/mol. The van der Waals surface area contributed by atoms with Crippen LogP contribution in [0, 0.1) is 39.4 Å². The molecule has 0 aromatic carbocycles. The minimum absolute atomic E-state index is 0.0259. The Kier molecular flexibility index (Phi) is 23.0. The van der Waals surface area contributed by atoms with Crippen molar-refractivity contribution in [3.63, 3.8) is 0 Å². The molecular formula is C66H104O32. The van der Waals surface area contributed by atoms with Crippen LogP contribution < -0.4 is 0 Å². The fourth-order valence-corrected chi connectivity index (χ4v) is 18.7. The number of carbonyl (C=O) groups excluding carboxylic acids is 2. The summed E-state index contributed by atoms with van der Waals surface area (Å²) in [4.78, 5) is 29.1. The molecule has 0 bridgehead atoms. The monoisotopic (exact) mass is 1410 g/mol. The van der Waals surface area contributed by atoms with E-state index in [9.17, 15) is 86.2 Å². The second kappa shape index (κ2) is 29.4. The third kappa shape index (κ3) is 13.0. The van der Waals surface area contributed by atoms with Crippen molar-refractivity contribution >= 4 is 11.8 Å². The molecule has 11 aliphatic rings. The van der Waals surface area contributed by atoms with E-state index in [1.54, 1.807) is 6.92 Å². The average molecular weight is 1410 g/mol. The van der Waals surface area contributed by atoms with Crippen LogP contribution in [0.15, 0.2) is 23.8 Å². The lowest BCUT2D eigenvalue weighted by Crippen LogP contribution is -2.67. The maximum Gasteiger partial charge on any atom is 0.314 e. The Bertz CT molecular complexity index is 2820. The number of aliphatic hydroxyl groups is 15. The lowest BCUT2D eigenvalue weighted by atomic mass is 9.41. The summed E-state index contributed by atoms with van der Waals surface area (Å²) in [7, 11) is 2.39. The molecule has 560 valence electrons. The minimum atomic E-state index is -2.03. The van der Waals surface area contributed by atoms with Gasteiger partial charge in [-0.3, -0.25) is 9.59 Å². The maximum atomic E-state index is 14.6. The Balaban J connectivity index is 0.818. The van der Waals surface area contributed by atoms with Crippen molar-refractivity contribution in [3.05, 3.63) is 23.8 Å². The van der Waals surface area contributed by atoms with Gasteiger partial charge in [-0.05, 0) is 93.8 Å². The van der Waals surface area contributed by atoms with Gasteiger partial charge < -0.3 is 148 Å². The topological polar surface area (TPSA) is 476 Å². The Labute approximate surface area is 567 Å². The fourth-order valence-electron chi connectivity index (χ4n) is 18.7. The number of esters is 1. The summed E-state index contributed by atoms with van der Waals surface area (Å²) >= 11 is 0. The molecule has 0 amide bonds. The van der Waals surface area contributed by atoms with Gasteiger partial charge in [-0.15, -0.1) is 0 Å². The van der Waals surface area contributed by atoms with Crippen LogP contribution in [-0.2, 0) is 80.6 Å². The number of allylic oxidation sites excluding steroid dienone is 2. The fraction of sp³-hybridized carbons (Fsp3) is 0.909. The molecule has 3 saturated carbocycles. The molecule has 98 heavy (non-hydrogen) atoms. The molecule has 32 nitrogen and oxygen atoms in total. The lowest BCUT2D eigenvalue weighted by Gasteiger charge is -2.63. The van der Waals surface area contributed by atoms with Crippen LogP contribution in [0.5, 0.6) is 0 Å². The van der Waals surface area contributed by atoms with Gasteiger partial charge in [-0.25, -0.2) is 0 Å². The van der Waals surface area contributed by atoms with Crippen LogP contribution in [-0.4, -0.2) is 325 Å². The molecule has 11 rings (SSSR count). The van der Waals surface area contributed by atoms with Gasteiger partial charge in [0.05, 0.1) is 62.7 Å². The third-order valence-electron chi connectivity index (χ3n) is 24.2. The zero-order chi connectivity index (χ0) is 71.4. The van der Waals surface area contributed by atoms with Gasteiger partial charge in [0, 0.05) is 20.6 Å². The summed E-state index contributed by atoms with van der Waals surface area (Å²) in [6.45, 7) is 13.9. The highest BCUT2D eigenvalue weighted by atomic mass is 16.8. The van der Waals surface area contributed by atoms with E-state index in [2.05, 4.69) is 40.3 Å². The second-order valence-corrected chi connectivity index (χ2v) is 30.3. The van der Waals surface area contributed by atoms with E-state index in [-0.39, 0.29) is 42.9 Å². The van der Waals surface area contributed by atoms with Crippen LogP contribution in [0.2, 0.25) is 0 Å². The quantitative estimate of drug-likeness (QED) is 0.0294. The van der Waals surface area contributed by atoms with Crippen molar-refractivity contribution in [2.45, 2.75) is 290 Å². The third-order valence-corrected chi connectivity index (χ3v) is 24.2. The van der Waals surface area contributed by atoms with Gasteiger partial charge in [0.2, 0.25) is 0 Å². The molecule has 7 aliphatic heterocycles. The smallest absolute Gasteiger partial charge is 0.314 e. The summed E-state index contributed by atoms with van der Waals surface area (Å²) in [5, 5.41) is 167. The molecule has 0 aromatic heterocycles. The number of ether oxygens (including phenoxy) is 15. The number of aliphatic hydroxyl groups excluding tert-OH is 15. The molecule has 1 spiro atoms. The van der Waals surface area contributed by atoms with E-state index in [4.69, 9.17) is 71.1 Å². The molecule has 32 heteroatoms. The standard InChI is InChI=1S/C66H104O32/c1-25(2)29(70)14-17-65(8)54-30(71)19-64(7)28-11-12-36-62(4,5)37(15-16-63(36,6)27(28)13-18-66(54,64)61(83)98-65)93-60-53(40(75)35(24-87-60)92-57-44(79)42(77)50(34(22-69)91-57)96-59-47(82)52(85-10)39(74)33(21-68)90-59)97-56-43(78)41(76)48(26(3)88-56)94-55-45(80)49(31(72)23-86-55)95-58-46(81)51(84-9)38(73)32(20-67)89-58/h13,26,28-29,31-60,67-70,72-82H,1,11-12,14-24H2,2-10H3/t26-,28-,29?,31-,32-,33-,34-,35-,36+,37+,38-,39-,40+,41-,42-,43-,44-,45-,46-,47-,48-,49+,50-,51+,52+,53-,54-,55+,56+,57+,58+,59+,60+,63-,64+,65+,66?/m1/s1. The SMILES string of the molecule is C=C(C)C(O)CC[C@]1(C)OC(=O)C23CC=C4[C@@H](CC[C@H]5C(C)(C)[C@@H](O[C@@H]6OC[C@@H](O[C@@H]7O[C@H](CO)[C@@H](O[C@@H]8O[C@H](CO)[C@@H](O)[C@H](OC)[C@H]8O)[C@H](O)[C@H]7O)[C@H](O)[C@H]6O[C@@H]6O[C@H](C)[C@@H](O[C@@H]7OC[C@@H](O)[C@H](O[C@@H]8O[C@H](CO)[C@@H](O)[C@H](OC)[C@H]8O)[C@H]7O)[C@H](O)[C@H]6O)CC[C@]45C)[C@]2(C)CC(=O)[C@@H]31. The molecule has 4 aliphatic carbocycles. The van der Waals surface area contributed by atoms with Crippen molar-refractivity contribution in [1.29, 1.82) is 0 Å².